The first-order chi connectivity index (χ1) is 14.4. The Balaban J connectivity index is 1.35. The summed E-state index contributed by atoms with van der Waals surface area (Å²) in [7, 11) is -3.71. The van der Waals surface area contributed by atoms with E-state index in [1.54, 1.807) is 24.4 Å². The molecule has 2 N–H and O–H groups in total. The number of carbonyl (C=O) groups is 2. The van der Waals surface area contributed by atoms with E-state index in [-0.39, 0.29) is 36.5 Å². The van der Waals surface area contributed by atoms with Gasteiger partial charge in [0.1, 0.15) is 17.3 Å². The highest BCUT2D eigenvalue weighted by Gasteiger charge is 2.27. The molecule has 2 heterocycles. The van der Waals surface area contributed by atoms with Gasteiger partial charge in [-0.05, 0) is 37.8 Å². The number of amides is 3. The molecule has 1 aliphatic carbocycles. The number of carbonyl (C=O) groups excluding carboxylic acids is 2. The first-order valence-corrected chi connectivity index (χ1v) is 12.0. The lowest BCUT2D eigenvalue weighted by molar-refractivity contribution is -0.118. The number of hydrogen-bond acceptors (Lipinski definition) is 7. The van der Waals surface area contributed by atoms with Gasteiger partial charge in [-0.15, -0.1) is 11.3 Å². The van der Waals surface area contributed by atoms with Gasteiger partial charge < -0.3 is 9.64 Å². The van der Waals surface area contributed by atoms with Crippen molar-refractivity contribution in [2.45, 2.75) is 49.8 Å². The van der Waals surface area contributed by atoms with Crippen molar-refractivity contribution in [3.05, 3.63) is 40.3 Å². The SMILES string of the molecule is O=C1CN(Cc2ncc(CNS(=O)(=O)c3cccc(OC4CCCC4)c3)s2)C(=O)N1. The molecule has 0 unspecified atom stereocenters. The van der Waals surface area contributed by atoms with E-state index in [0.29, 0.717) is 15.6 Å². The second-order valence-corrected chi connectivity index (χ2v) is 10.2. The van der Waals surface area contributed by atoms with Crippen LogP contribution in [-0.4, -0.2) is 42.9 Å². The van der Waals surface area contributed by atoms with Crippen LogP contribution in [0.15, 0.2) is 35.4 Å². The number of aromatic nitrogens is 1. The molecule has 2 aliphatic rings. The summed E-state index contributed by atoms with van der Waals surface area (Å²) in [6.07, 6.45) is 5.99. The average Bonchev–Trinajstić information content (AvgIpc) is 3.44. The van der Waals surface area contributed by atoms with Crippen LogP contribution < -0.4 is 14.8 Å². The van der Waals surface area contributed by atoms with Crippen molar-refractivity contribution in [1.82, 2.24) is 19.9 Å². The highest BCUT2D eigenvalue weighted by Crippen LogP contribution is 2.26. The Bertz CT molecular complexity index is 1050. The molecule has 11 heteroatoms. The number of nitrogens with one attached hydrogen (secondary N) is 2. The lowest BCUT2D eigenvalue weighted by atomic mass is 10.3. The van der Waals surface area contributed by atoms with Gasteiger partial charge in [0.2, 0.25) is 15.9 Å². The second-order valence-electron chi connectivity index (χ2n) is 7.25. The van der Waals surface area contributed by atoms with Gasteiger partial charge in [-0.1, -0.05) is 6.07 Å². The van der Waals surface area contributed by atoms with Crippen molar-refractivity contribution in [1.29, 1.82) is 0 Å². The topological polar surface area (TPSA) is 118 Å². The molecule has 30 heavy (non-hydrogen) atoms. The zero-order valence-electron chi connectivity index (χ0n) is 16.2. The summed E-state index contributed by atoms with van der Waals surface area (Å²) in [5.41, 5.74) is 0. The van der Waals surface area contributed by atoms with Gasteiger partial charge in [-0.25, -0.2) is 22.9 Å². The summed E-state index contributed by atoms with van der Waals surface area (Å²) in [4.78, 5) is 29.3. The summed E-state index contributed by atoms with van der Waals surface area (Å²) in [5.74, 6) is 0.215. The molecule has 1 aromatic carbocycles. The molecule has 1 saturated heterocycles. The van der Waals surface area contributed by atoms with Gasteiger partial charge in [-0.2, -0.15) is 0 Å². The molecule has 2 aromatic rings. The number of rotatable bonds is 8. The molecule has 0 bridgehead atoms. The quantitative estimate of drug-likeness (QED) is 0.594. The number of urea groups is 1. The van der Waals surface area contributed by atoms with E-state index >= 15 is 0 Å². The van der Waals surface area contributed by atoms with Crippen LogP contribution in [0.1, 0.15) is 35.6 Å². The van der Waals surface area contributed by atoms with Gasteiger partial charge in [0.15, 0.2) is 0 Å². The number of nitrogens with zero attached hydrogens (tertiary/aromatic N) is 2. The van der Waals surface area contributed by atoms with Crippen molar-refractivity contribution in [2.75, 3.05) is 6.54 Å². The van der Waals surface area contributed by atoms with E-state index < -0.39 is 16.1 Å². The molecule has 1 aromatic heterocycles. The van der Waals surface area contributed by atoms with E-state index in [0.717, 1.165) is 25.7 Å². The zero-order chi connectivity index (χ0) is 21.1. The highest BCUT2D eigenvalue weighted by atomic mass is 32.2. The van der Waals surface area contributed by atoms with E-state index in [4.69, 9.17) is 4.74 Å². The number of ether oxygens (including phenoxy) is 1. The Morgan fingerprint density at radius 1 is 1.27 bits per heavy atom. The Morgan fingerprint density at radius 2 is 2.07 bits per heavy atom. The van der Waals surface area contributed by atoms with Gasteiger partial charge in [0, 0.05) is 23.7 Å². The van der Waals surface area contributed by atoms with E-state index in [1.807, 2.05) is 0 Å². The first kappa shape index (κ1) is 20.8. The van der Waals surface area contributed by atoms with Crippen LogP contribution >= 0.6 is 11.3 Å². The molecule has 0 radical (unpaired) electrons. The largest absolute Gasteiger partial charge is 0.490 e. The summed E-state index contributed by atoms with van der Waals surface area (Å²) in [6, 6.07) is 6.07. The zero-order valence-corrected chi connectivity index (χ0v) is 17.8. The second kappa shape index (κ2) is 8.70. The van der Waals surface area contributed by atoms with Crippen molar-refractivity contribution in [3.63, 3.8) is 0 Å². The third kappa shape index (κ3) is 4.97. The Labute approximate surface area is 178 Å². The van der Waals surface area contributed by atoms with Crippen LogP contribution in [0, 0.1) is 0 Å². The number of hydrogen-bond donors (Lipinski definition) is 2. The van der Waals surface area contributed by atoms with Crippen molar-refractivity contribution >= 4 is 33.3 Å². The van der Waals surface area contributed by atoms with Crippen LogP contribution in [-0.2, 0) is 27.9 Å². The molecule has 160 valence electrons. The van der Waals surface area contributed by atoms with E-state index in [2.05, 4.69) is 15.0 Å². The molecule has 1 saturated carbocycles. The lowest BCUT2D eigenvalue weighted by Crippen LogP contribution is -2.27. The molecular weight excluding hydrogens is 428 g/mol. The molecule has 2 fully saturated rings. The van der Waals surface area contributed by atoms with Crippen LogP contribution in [0.25, 0.3) is 0 Å². The van der Waals surface area contributed by atoms with Gasteiger partial charge in [0.05, 0.1) is 17.5 Å². The minimum Gasteiger partial charge on any atom is -0.490 e. The molecule has 9 nitrogen and oxygen atoms in total. The Kier molecular flexibility index (Phi) is 6.02. The van der Waals surface area contributed by atoms with Crippen LogP contribution in [0.5, 0.6) is 5.75 Å². The van der Waals surface area contributed by atoms with E-state index in [9.17, 15) is 18.0 Å². The van der Waals surface area contributed by atoms with E-state index in [1.165, 1.54) is 22.3 Å². The molecule has 0 atom stereocenters. The fraction of sp³-hybridized carbons (Fsp3) is 0.421. The Morgan fingerprint density at radius 3 is 2.80 bits per heavy atom. The number of sulfonamides is 1. The van der Waals surface area contributed by atoms with Crippen LogP contribution in [0.2, 0.25) is 0 Å². The lowest BCUT2D eigenvalue weighted by Gasteiger charge is -2.14. The smallest absolute Gasteiger partial charge is 0.324 e. The van der Waals surface area contributed by atoms with Crippen molar-refractivity contribution < 1.29 is 22.7 Å². The normalized spacial score (nSPS) is 17.5. The molecule has 1 aliphatic heterocycles. The fourth-order valence-electron chi connectivity index (χ4n) is 3.44. The predicted molar refractivity (Wildman–Crippen MR) is 109 cm³/mol. The van der Waals surface area contributed by atoms with Gasteiger partial charge in [-0.3, -0.25) is 10.1 Å². The molecule has 4 rings (SSSR count). The van der Waals surface area contributed by atoms with Crippen LogP contribution in [0.4, 0.5) is 4.79 Å². The van der Waals surface area contributed by atoms with Crippen molar-refractivity contribution in [2.24, 2.45) is 0 Å². The molecule has 3 amide bonds. The van der Waals surface area contributed by atoms with Crippen LogP contribution in [0.3, 0.4) is 0 Å². The van der Waals surface area contributed by atoms with Gasteiger partial charge >= 0.3 is 6.03 Å². The maximum atomic E-state index is 12.7. The molecular formula is C19H22N4O5S2. The minimum absolute atomic E-state index is 0.000353. The molecule has 0 spiro atoms. The summed E-state index contributed by atoms with van der Waals surface area (Å²) >= 11 is 1.29. The average molecular weight is 451 g/mol. The third-order valence-corrected chi connectivity index (χ3v) is 7.33. The fourth-order valence-corrected chi connectivity index (χ4v) is 5.45. The standard InChI is InChI=1S/C19H22N4O5S2/c24-17-11-23(19(25)22-17)12-18-20-9-15(29-18)10-21-30(26,27)16-7-3-6-14(8-16)28-13-4-1-2-5-13/h3,6-9,13,21H,1-2,4-5,10-12H2,(H,22,24,25). The number of benzene rings is 1. The number of thiazole rings is 1. The predicted octanol–water partition coefficient (Wildman–Crippen LogP) is 1.99. The third-order valence-electron chi connectivity index (χ3n) is 4.95. The highest BCUT2D eigenvalue weighted by molar-refractivity contribution is 7.89. The minimum atomic E-state index is -3.71. The first-order valence-electron chi connectivity index (χ1n) is 9.68. The summed E-state index contributed by atoms with van der Waals surface area (Å²) < 4.78 is 33.8. The summed E-state index contributed by atoms with van der Waals surface area (Å²) in [6.45, 7) is 0.286. The Hall–Kier alpha value is -2.50. The van der Waals surface area contributed by atoms with Gasteiger partial charge in [0.25, 0.3) is 0 Å². The van der Waals surface area contributed by atoms with Crippen molar-refractivity contribution in [3.8, 4) is 5.75 Å². The summed E-state index contributed by atoms with van der Waals surface area (Å²) in [5, 5.41) is 2.83. The maximum absolute atomic E-state index is 12.7. The maximum Gasteiger partial charge on any atom is 0.324 e. The monoisotopic (exact) mass is 450 g/mol. The number of imide groups is 1.